The Labute approximate surface area is 233 Å². The van der Waals surface area contributed by atoms with Crippen LogP contribution in [0.5, 0.6) is 0 Å². The molecule has 0 bridgehead atoms. The first-order valence-corrected chi connectivity index (χ1v) is 14.0. The summed E-state index contributed by atoms with van der Waals surface area (Å²) in [6.45, 7) is 3.71. The van der Waals surface area contributed by atoms with Crippen molar-refractivity contribution in [1.29, 1.82) is 0 Å². The number of benzene rings is 2. The third-order valence-electron chi connectivity index (χ3n) is 7.21. The van der Waals surface area contributed by atoms with E-state index in [4.69, 9.17) is 14.8 Å². The largest absolute Gasteiger partial charge is 0.445 e. The summed E-state index contributed by atoms with van der Waals surface area (Å²) in [6.07, 6.45) is 6.87. The number of anilines is 2. The zero-order valence-electron chi connectivity index (χ0n) is 22.8. The van der Waals surface area contributed by atoms with Crippen molar-refractivity contribution in [3.8, 4) is 0 Å². The van der Waals surface area contributed by atoms with Gasteiger partial charge in [-0.05, 0) is 55.4 Å². The van der Waals surface area contributed by atoms with Crippen LogP contribution in [0.4, 0.5) is 21.0 Å². The summed E-state index contributed by atoms with van der Waals surface area (Å²) in [7, 11) is 0. The molecule has 1 saturated carbocycles. The summed E-state index contributed by atoms with van der Waals surface area (Å²) in [4.78, 5) is 21.7. The molecule has 0 radical (unpaired) electrons. The smallest absolute Gasteiger partial charge is 0.407 e. The van der Waals surface area contributed by atoms with E-state index < -0.39 is 0 Å². The molecule has 4 aromatic rings. The number of carbonyl (C=O) groups excluding carboxylic acids is 1. The van der Waals surface area contributed by atoms with Crippen LogP contribution in [-0.2, 0) is 17.9 Å². The van der Waals surface area contributed by atoms with Crippen LogP contribution in [-0.4, -0.2) is 38.4 Å². The van der Waals surface area contributed by atoms with Crippen LogP contribution in [0.3, 0.4) is 0 Å². The van der Waals surface area contributed by atoms with E-state index in [0.29, 0.717) is 18.3 Å². The second-order valence-corrected chi connectivity index (χ2v) is 10.2. The number of hydrogen-bond donors (Lipinski definition) is 3. The molecule has 1 aliphatic carbocycles. The predicted octanol–water partition coefficient (Wildman–Crippen LogP) is 6.20. The third kappa shape index (κ3) is 7.05. The summed E-state index contributed by atoms with van der Waals surface area (Å²) in [5, 5.41) is 15.5. The number of nitrogens with one attached hydrogen (secondary N) is 3. The van der Waals surface area contributed by atoms with Crippen molar-refractivity contribution in [2.24, 2.45) is 0 Å². The van der Waals surface area contributed by atoms with Gasteiger partial charge in [-0.25, -0.2) is 18.9 Å². The van der Waals surface area contributed by atoms with E-state index in [9.17, 15) is 9.18 Å². The van der Waals surface area contributed by atoms with E-state index in [1.807, 2.05) is 41.2 Å². The average molecular weight is 546 g/mol. The van der Waals surface area contributed by atoms with Gasteiger partial charge in [0.25, 0.3) is 0 Å². The standard InChI is InChI=1S/C30H36FN7O2/c1-2-3-17-32-29-34-19-26-27(33-18-21-9-11-23(31)12-10-21)37-38(28(26)36-29)25-15-13-24(14-16-25)35-30(39)40-20-22-7-5-4-6-8-22/h4-12,19,24-25H,2-3,13-18,20H2,1H3,(H,33,37)(H,35,39)(H,32,34,36). The molecule has 10 heteroatoms. The van der Waals surface area contributed by atoms with Crippen molar-refractivity contribution in [3.63, 3.8) is 0 Å². The molecule has 0 saturated heterocycles. The maximum Gasteiger partial charge on any atom is 0.407 e. The molecule has 2 aromatic heterocycles. The van der Waals surface area contributed by atoms with E-state index >= 15 is 0 Å². The van der Waals surface area contributed by atoms with Crippen LogP contribution in [0.1, 0.15) is 62.6 Å². The van der Waals surface area contributed by atoms with Gasteiger partial charge in [-0.2, -0.15) is 10.1 Å². The zero-order chi connectivity index (χ0) is 27.7. The zero-order valence-corrected chi connectivity index (χ0v) is 22.8. The van der Waals surface area contributed by atoms with Gasteiger partial charge in [0.1, 0.15) is 12.4 Å². The molecular weight excluding hydrogens is 509 g/mol. The van der Waals surface area contributed by atoms with Gasteiger partial charge in [-0.1, -0.05) is 55.8 Å². The highest BCUT2D eigenvalue weighted by Gasteiger charge is 2.27. The number of nitrogens with zero attached hydrogens (tertiary/aromatic N) is 4. The Morgan fingerprint density at radius 3 is 2.55 bits per heavy atom. The molecule has 3 N–H and O–H groups in total. The van der Waals surface area contributed by atoms with E-state index in [-0.39, 0.29) is 30.6 Å². The number of halogens is 1. The Morgan fingerprint density at radius 2 is 1.80 bits per heavy atom. The molecule has 210 valence electrons. The number of alkyl carbamates (subject to hydrolysis) is 1. The Balaban J connectivity index is 1.25. The molecule has 40 heavy (non-hydrogen) atoms. The lowest BCUT2D eigenvalue weighted by atomic mass is 9.91. The van der Waals surface area contributed by atoms with Crippen molar-refractivity contribution in [2.75, 3.05) is 17.2 Å². The lowest BCUT2D eigenvalue weighted by Crippen LogP contribution is -2.38. The number of carbonyl (C=O) groups is 1. The van der Waals surface area contributed by atoms with Gasteiger partial charge in [0.15, 0.2) is 11.5 Å². The number of rotatable bonds is 11. The lowest BCUT2D eigenvalue weighted by molar-refractivity contribution is 0.131. The second kappa shape index (κ2) is 13.2. The van der Waals surface area contributed by atoms with Crippen LogP contribution in [0.25, 0.3) is 11.0 Å². The van der Waals surface area contributed by atoms with Gasteiger partial charge in [0.05, 0.1) is 11.4 Å². The van der Waals surface area contributed by atoms with Gasteiger partial charge in [0, 0.05) is 25.3 Å². The number of ether oxygens (including phenoxy) is 1. The molecule has 1 amide bonds. The molecule has 0 unspecified atom stereocenters. The number of fused-ring (bicyclic) bond motifs is 1. The first kappa shape index (κ1) is 27.4. The second-order valence-electron chi connectivity index (χ2n) is 10.2. The van der Waals surface area contributed by atoms with Crippen LogP contribution < -0.4 is 16.0 Å². The fraction of sp³-hybridized carbons (Fsp3) is 0.400. The molecule has 0 spiro atoms. The minimum absolute atomic E-state index is 0.0540. The van der Waals surface area contributed by atoms with Gasteiger partial charge in [0.2, 0.25) is 5.95 Å². The topological polar surface area (TPSA) is 106 Å². The highest BCUT2D eigenvalue weighted by molar-refractivity contribution is 5.87. The van der Waals surface area contributed by atoms with Crippen molar-refractivity contribution < 1.29 is 13.9 Å². The summed E-state index contributed by atoms with van der Waals surface area (Å²) in [5.41, 5.74) is 2.68. The Hall–Kier alpha value is -4.21. The molecule has 1 aliphatic rings. The fourth-order valence-electron chi connectivity index (χ4n) is 4.96. The van der Waals surface area contributed by atoms with Crippen LogP contribution >= 0.6 is 0 Å². The number of hydrogen-bond acceptors (Lipinski definition) is 7. The van der Waals surface area contributed by atoms with Crippen LogP contribution in [0.2, 0.25) is 0 Å². The summed E-state index contributed by atoms with van der Waals surface area (Å²) in [6, 6.07) is 16.3. The maximum absolute atomic E-state index is 13.3. The molecule has 5 rings (SSSR count). The monoisotopic (exact) mass is 545 g/mol. The summed E-state index contributed by atoms with van der Waals surface area (Å²) in [5.74, 6) is 1.03. The third-order valence-corrected chi connectivity index (χ3v) is 7.21. The van der Waals surface area contributed by atoms with E-state index in [1.165, 1.54) is 12.1 Å². The fourth-order valence-corrected chi connectivity index (χ4v) is 4.96. The van der Waals surface area contributed by atoms with Crippen molar-refractivity contribution in [3.05, 3.63) is 77.7 Å². The van der Waals surface area contributed by atoms with Gasteiger partial charge in [-0.15, -0.1) is 0 Å². The van der Waals surface area contributed by atoms with Gasteiger partial charge >= 0.3 is 6.09 Å². The molecule has 2 aromatic carbocycles. The molecule has 0 aliphatic heterocycles. The Kier molecular flexibility index (Phi) is 9.05. The quantitative estimate of drug-likeness (QED) is 0.193. The minimum atomic E-state index is -0.389. The lowest BCUT2D eigenvalue weighted by Gasteiger charge is -2.29. The average Bonchev–Trinajstić information content (AvgIpc) is 3.35. The first-order chi connectivity index (χ1) is 19.6. The van der Waals surface area contributed by atoms with E-state index in [1.54, 1.807) is 12.1 Å². The van der Waals surface area contributed by atoms with Crippen molar-refractivity contribution >= 4 is 28.9 Å². The highest BCUT2D eigenvalue weighted by atomic mass is 19.1. The van der Waals surface area contributed by atoms with E-state index in [0.717, 1.165) is 67.2 Å². The summed E-state index contributed by atoms with van der Waals surface area (Å²) < 4.78 is 20.7. The molecular formula is C30H36FN7O2. The van der Waals surface area contributed by atoms with Gasteiger partial charge < -0.3 is 20.7 Å². The number of unbranched alkanes of at least 4 members (excludes halogenated alkanes) is 1. The Morgan fingerprint density at radius 1 is 1.02 bits per heavy atom. The maximum atomic E-state index is 13.3. The molecule has 1 fully saturated rings. The number of amides is 1. The van der Waals surface area contributed by atoms with Crippen molar-refractivity contribution in [1.82, 2.24) is 25.1 Å². The van der Waals surface area contributed by atoms with Crippen molar-refractivity contribution in [2.45, 2.75) is 70.7 Å². The van der Waals surface area contributed by atoms with Gasteiger partial charge in [-0.3, -0.25) is 0 Å². The normalized spacial score (nSPS) is 16.9. The molecule has 9 nitrogen and oxygen atoms in total. The van der Waals surface area contributed by atoms with Crippen LogP contribution in [0.15, 0.2) is 60.8 Å². The Bertz CT molecular complexity index is 1390. The SMILES string of the molecule is CCCCNc1ncc2c(NCc3ccc(F)cc3)nn(C3CCC(NC(=O)OCc4ccccc4)CC3)c2n1. The number of aromatic nitrogens is 4. The van der Waals surface area contributed by atoms with E-state index in [2.05, 4.69) is 27.9 Å². The first-order valence-electron chi connectivity index (χ1n) is 14.0. The molecule has 2 heterocycles. The highest BCUT2D eigenvalue weighted by Crippen LogP contribution is 2.33. The summed E-state index contributed by atoms with van der Waals surface area (Å²) >= 11 is 0. The predicted molar refractivity (Wildman–Crippen MR) is 154 cm³/mol. The molecule has 0 atom stereocenters. The van der Waals surface area contributed by atoms with Crippen LogP contribution in [0, 0.1) is 5.82 Å². The minimum Gasteiger partial charge on any atom is -0.445 e.